The van der Waals surface area contributed by atoms with Crippen molar-refractivity contribution in [2.45, 2.75) is 6.42 Å². The van der Waals surface area contributed by atoms with Crippen LogP contribution in [0.1, 0.15) is 12.0 Å². The molecule has 2 aromatic rings. The number of nitrogens with one attached hydrogen (secondary N) is 1. The van der Waals surface area contributed by atoms with Crippen LogP contribution in [0, 0.1) is 0 Å². The molecule has 6 nitrogen and oxygen atoms in total. The summed E-state index contributed by atoms with van der Waals surface area (Å²) in [6.07, 6.45) is 3.67. The van der Waals surface area contributed by atoms with Gasteiger partial charge in [-0.1, -0.05) is 23.7 Å². The van der Waals surface area contributed by atoms with Gasteiger partial charge in [0.2, 0.25) is 15.9 Å². The minimum atomic E-state index is -3.19. The van der Waals surface area contributed by atoms with Crippen molar-refractivity contribution >= 4 is 45.0 Å². The number of sulfonamides is 1. The fourth-order valence-electron chi connectivity index (χ4n) is 2.81. The van der Waals surface area contributed by atoms with Gasteiger partial charge in [0.05, 0.1) is 24.2 Å². The highest BCUT2D eigenvalue weighted by molar-refractivity contribution is 7.93. The number of anilines is 2. The summed E-state index contributed by atoms with van der Waals surface area (Å²) in [6.45, 7) is 0.501. The highest BCUT2D eigenvalue weighted by Crippen LogP contribution is 2.28. The number of methoxy groups -OCH3 is 1. The van der Waals surface area contributed by atoms with Gasteiger partial charge in [-0.3, -0.25) is 9.10 Å². The first-order chi connectivity index (χ1) is 12.9. The molecular formula is C19H19ClN2O4S. The Hall–Kier alpha value is -2.51. The van der Waals surface area contributed by atoms with Gasteiger partial charge in [0.25, 0.3) is 0 Å². The summed E-state index contributed by atoms with van der Waals surface area (Å²) >= 11 is 5.95. The van der Waals surface area contributed by atoms with Gasteiger partial charge in [-0.05, 0) is 48.4 Å². The van der Waals surface area contributed by atoms with Crippen molar-refractivity contribution in [2.24, 2.45) is 0 Å². The Morgan fingerprint density at radius 3 is 2.59 bits per heavy atom. The minimum Gasteiger partial charge on any atom is -0.495 e. The lowest BCUT2D eigenvalue weighted by Crippen LogP contribution is -2.24. The number of rotatable bonds is 5. The Labute approximate surface area is 163 Å². The first kappa shape index (κ1) is 19.3. The lowest BCUT2D eigenvalue weighted by Gasteiger charge is -2.16. The average molecular weight is 407 g/mol. The van der Waals surface area contributed by atoms with Crippen LogP contribution in [0.5, 0.6) is 5.75 Å². The molecule has 1 aliphatic rings. The normalized spacial score (nSPS) is 15.9. The Balaban J connectivity index is 1.67. The van der Waals surface area contributed by atoms with E-state index in [0.29, 0.717) is 35.1 Å². The maximum atomic E-state index is 12.1. The maximum Gasteiger partial charge on any atom is 0.248 e. The van der Waals surface area contributed by atoms with Crippen molar-refractivity contribution in [2.75, 3.05) is 29.0 Å². The van der Waals surface area contributed by atoms with Crippen molar-refractivity contribution in [3.63, 3.8) is 0 Å². The summed E-state index contributed by atoms with van der Waals surface area (Å²) in [5.74, 6) is 0.362. The first-order valence-electron chi connectivity index (χ1n) is 8.32. The Morgan fingerprint density at radius 1 is 1.22 bits per heavy atom. The van der Waals surface area contributed by atoms with Crippen molar-refractivity contribution in [3.05, 3.63) is 59.1 Å². The molecule has 8 heteroatoms. The molecule has 0 spiro atoms. The van der Waals surface area contributed by atoms with E-state index in [1.165, 1.54) is 17.5 Å². The summed E-state index contributed by atoms with van der Waals surface area (Å²) in [6, 6.07) is 12.0. The number of amides is 1. The maximum absolute atomic E-state index is 12.1. The van der Waals surface area contributed by atoms with Crippen molar-refractivity contribution in [1.29, 1.82) is 0 Å². The summed E-state index contributed by atoms with van der Waals surface area (Å²) in [4.78, 5) is 12.1. The number of hydrogen-bond donors (Lipinski definition) is 1. The smallest absolute Gasteiger partial charge is 0.248 e. The van der Waals surface area contributed by atoms with E-state index >= 15 is 0 Å². The van der Waals surface area contributed by atoms with E-state index in [0.717, 1.165) is 5.56 Å². The van der Waals surface area contributed by atoms with Crippen LogP contribution in [0.3, 0.4) is 0 Å². The molecule has 0 atom stereocenters. The van der Waals surface area contributed by atoms with E-state index in [-0.39, 0.29) is 11.7 Å². The minimum absolute atomic E-state index is 0.182. The molecule has 0 bridgehead atoms. The number of halogens is 1. The van der Waals surface area contributed by atoms with Crippen molar-refractivity contribution in [1.82, 2.24) is 0 Å². The highest BCUT2D eigenvalue weighted by atomic mass is 35.5. The lowest BCUT2D eigenvalue weighted by molar-refractivity contribution is -0.111. The molecule has 0 unspecified atom stereocenters. The second-order valence-corrected chi connectivity index (χ2v) is 8.45. The third kappa shape index (κ3) is 4.61. The van der Waals surface area contributed by atoms with Gasteiger partial charge < -0.3 is 10.1 Å². The first-order valence-corrected chi connectivity index (χ1v) is 10.3. The topological polar surface area (TPSA) is 75.7 Å². The SMILES string of the molecule is COc1ccc(Cl)cc1NC(=O)/C=C/c1ccc(N2CCCS2(=O)=O)cc1. The second kappa shape index (κ2) is 8.02. The predicted octanol–water partition coefficient (Wildman–Crippen LogP) is 3.54. The molecule has 142 valence electrons. The molecule has 3 rings (SSSR count). The molecular weight excluding hydrogens is 388 g/mol. The van der Waals surface area contributed by atoms with Crippen LogP contribution in [0.2, 0.25) is 5.02 Å². The second-order valence-electron chi connectivity index (χ2n) is 6.00. The van der Waals surface area contributed by atoms with E-state index in [1.54, 1.807) is 48.5 Å². The molecule has 1 fully saturated rings. The van der Waals surface area contributed by atoms with Crippen LogP contribution < -0.4 is 14.4 Å². The van der Waals surface area contributed by atoms with Crippen molar-refractivity contribution < 1.29 is 17.9 Å². The van der Waals surface area contributed by atoms with E-state index in [2.05, 4.69) is 5.32 Å². The number of benzene rings is 2. The van der Waals surface area contributed by atoms with Gasteiger partial charge in [-0.25, -0.2) is 8.42 Å². The van der Waals surface area contributed by atoms with Gasteiger partial charge in [0.15, 0.2) is 0 Å². The standard InChI is InChI=1S/C19H19ClN2O4S/c1-26-18-9-6-15(20)13-17(18)21-19(23)10-5-14-3-7-16(8-4-14)22-11-2-12-27(22,24)25/h3-10,13H,2,11-12H2,1H3,(H,21,23)/b10-5+. The molecule has 1 heterocycles. The third-order valence-corrected chi connectivity index (χ3v) is 6.23. The zero-order chi connectivity index (χ0) is 19.4. The molecule has 1 aliphatic heterocycles. The van der Waals surface area contributed by atoms with Gasteiger partial charge in [0, 0.05) is 17.6 Å². The van der Waals surface area contributed by atoms with Gasteiger partial charge >= 0.3 is 0 Å². The van der Waals surface area contributed by atoms with E-state index < -0.39 is 10.0 Å². The average Bonchev–Trinajstić information content (AvgIpc) is 3.00. The zero-order valence-corrected chi connectivity index (χ0v) is 16.3. The lowest BCUT2D eigenvalue weighted by atomic mass is 10.2. The van der Waals surface area contributed by atoms with Crippen LogP contribution >= 0.6 is 11.6 Å². The molecule has 1 amide bonds. The van der Waals surface area contributed by atoms with Crippen LogP contribution in [-0.4, -0.2) is 33.7 Å². The summed E-state index contributed by atoms with van der Waals surface area (Å²) in [7, 11) is -1.68. The van der Waals surface area contributed by atoms with Crippen LogP contribution in [-0.2, 0) is 14.8 Å². The molecule has 0 aliphatic carbocycles. The molecule has 2 aromatic carbocycles. The predicted molar refractivity (Wildman–Crippen MR) is 108 cm³/mol. The molecule has 1 saturated heterocycles. The monoisotopic (exact) mass is 406 g/mol. The Kier molecular flexibility index (Phi) is 5.72. The quantitative estimate of drug-likeness (QED) is 0.770. The summed E-state index contributed by atoms with van der Waals surface area (Å²) in [5, 5.41) is 3.21. The number of ether oxygens (including phenoxy) is 1. The fourth-order valence-corrected chi connectivity index (χ4v) is 4.54. The zero-order valence-electron chi connectivity index (χ0n) is 14.7. The summed E-state index contributed by atoms with van der Waals surface area (Å²) in [5.41, 5.74) is 1.90. The van der Waals surface area contributed by atoms with E-state index in [9.17, 15) is 13.2 Å². The fraction of sp³-hybridized carbons (Fsp3) is 0.211. The molecule has 0 aromatic heterocycles. The third-order valence-electron chi connectivity index (χ3n) is 4.13. The van der Waals surface area contributed by atoms with Gasteiger partial charge in [-0.2, -0.15) is 0 Å². The Morgan fingerprint density at radius 2 is 1.96 bits per heavy atom. The van der Waals surface area contributed by atoms with Crippen LogP contribution in [0.15, 0.2) is 48.5 Å². The van der Waals surface area contributed by atoms with Gasteiger partial charge in [0.1, 0.15) is 5.75 Å². The Bertz CT molecular complexity index is 972. The number of carbonyl (C=O) groups excluding carboxylic acids is 1. The number of carbonyl (C=O) groups is 1. The highest BCUT2D eigenvalue weighted by Gasteiger charge is 2.28. The van der Waals surface area contributed by atoms with E-state index in [1.807, 2.05) is 0 Å². The van der Waals surface area contributed by atoms with E-state index in [4.69, 9.17) is 16.3 Å². The summed E-state index contributed by atoms with van der Waals surface area (Å²) < 4.78 is 30.5. The molecule has 0 saturated carbocycles. The number of nitrogens with zero attached hydrogens (tertiary/aromatic N) is 1. The van der Waals surface area contributed by atoms with Gasteiger partial charge in [-0.15, -0.1) is 0 Å². The molecule has 1 N–H and O–H groups in total. The van der Waals surface area contributed by atoms with Crippen LogP contribution in [0.4, 0.5) is 11.4 Å². The molecule has 0 radical (unpaired) electrons. The van der Waals surface area contributed by atoms with Crippen molar-refractivity contribution in [3.8, 4) is 5.75 Å². The molecule has 27 heavy (non-hydrogen) atoms. The van der Waals surface area contributed by atoms with Crippen LogP contribution in [0.25, 0.3) is 6.08 Å². The number of hydrogen-bond acceptors (Lipinski definition) is 4. The largest absolute Gasteiger partial charge is 0.495 e.